The van der Waals surface area contributed by atoms with Crippen LogP contribution < -0.4 is 10.1 Å². The highest BCUT2D eigenvalue weighted by Gasteiger charge is 1.97. The first-order valence-corrected chi connectivity index (χ1v) is 7.04. The van der Waals surface area contributed by atoms with Gasteiger partial charge >= 0.3 is 0 Å². The van der Waals surface area contributed by atoms with Gasteiger partial charge in [0.05, 0.1) is 6.54 Å². The highest BCUT2D eigenvalue weighted by Crippen LogP contribution is 2.10. The van der Waals surface area contributed by atoms with Crippen molar-refractivity contribution in [1.29, 1.82) is 0 Å². The number of hydrogen-bond acceptors (Lipinski definition) is 2. The lowest BCUT2D eigenvalue weighted by atomic mass is 10.2. The second-order valence-corrected chi connectivity index (χ2v) is 4.84. The predicted octanol–water partition coefficient (Wildman–Crippen LogP) is 3.34. The van der Waals surface area contributed by atoms with Crippen LogP contribution in [0.1, 0.15) is 11.1 Å². The number of benzene rings is 2. The Labute approximate surface area is 129 Å². The van der Waals surface area contributed by atoms with Crippen molar-refractivity contribution in [2.24, 2.45) is 0 Å². The number of hydrogen-bond donors (Lipinski definition) is 1. The monoisotopic (exact) mass is 299 g/mol. The third kappa shape index (κ3) is 5.40. The van der Waals surface area contributed by atoms with E-state index in [9.17, 15) is 9.18 Å². The summed E-state index contributed by atoms with van der Waals surface area (Å²) in [5, 5.41) is 2.72. The van der Waals surface area contributed by atoms with E-state index < -0.39 is 0 Å². The van der Waals surface area contributed by atoms with Gasteiger partial charge in [-0.15, -0.1) is 0 Å². The molecular weight excluding hydrogens is 281 g/mol. The third-order valence-corrected chi connectivity index (χ3v) is 2.99. The predicted molar refractivity (Wildman–Crippen MR) is 85.1 cm³/mol. The van der Waals surface area contributed by atoms with Crippen LogP contribution in [0.15, 0.2) is 54.6 Å². The third-order valence-electron chi connectivity index (χ3n) is 2.99. The average Bonchev–Trinajstić information content (AvgIpc) is 2.53. The van der Waals surface area contributed by atoms with E-state index in [1.165, 1.54) is 23.8 Å². The molecule has 0 saturated carbocycles. The fourth-order valence-corrected chi connectivity index (χ4v) is 1.78. The summed E-state index contributed by atoms with van der Waals surface area (Å²) in [7, 11) is 0. The smallest absolute Gasteiger partial charge is 0.244 e. The van der Waals surface area contributed by atoms with Gasteiger partial charge < -0.3 is 10.1 Å². The highest BCUT2D eigenvalue weighted by molar-refractivity contribution is 5.91. The molecule has 0 aliphatic carbocycles. The molecule has 1 N–H and O–H groups in total. The Morgan fingerprint density at radius 2 is 1.82 bits per heavy atom. The molecule has 0 saturated heterocycles. The molecular formula is C18H18FNO2. The first-order chi connectivity index (χ1) is 10.6. The minimum Gasteiger partial charge on any atom is -0.492 e. The molecule has 0 aliphatic heterocycles. The SMILES string of the molecule is Cc1ccc(OCCNC(=O)C=Cc2ccc(F)cc2)cc1. The molecule has 1 amide bonds. The normalized spacial score (nSPS) is 10.6. The summed E-state index contributed by atoms with van der Waals surface area (Å²) in [4.78, 5) is 11.6. The number of carbonyl (C=O) groups excluding carboxylic acids is 1. The van der Waals surface area contributed by atoms with Gasteiger partial charge in [-0.1, -0.05) is 29.8 Å². The van der Waals surface area contributed by atoms with Gasteiger partial charge in [0.15, 0.2) is 0 Å². The molecule has 114 valence electrons. The van der Waals surface area contributed by atoms with Gasteiger partial charge in [-0.25, -0.2) is 4.39 Å². The molecule has 0 heterocycles. The molecule has 0 fully saturated rings. The maximum absolute atomic E-state index is 12.7. The topological polar surface area (TPSA) is 38.3 Å². The van der Waals surface area contributed by atoms with Crippen molar-refractivity contribution < 1.29 is 13.9 Å². The lowest BCUT2D eigenvalue weighted by molar-refractivity contribution is -0.116. The van der Waals surface area contributed by atoms with Gasteiger partial charge in [0.25, 0.3) is 0 Å². The van der Waals surface area contributed by atoms with Gasteiger partial charge in [-0.05, 0) is 42.8 Å². The van der Waals surface area contributed by atoms with Gasteiger partial charge in [0, 0.05) is 6.08 Å². The van der Waals surface area contributed by atoms with Crippen LogP contribution in [0.4, 0.5) is 4.39 Å². The average molecular weight is 299 g/mol. The van der Waals surface area contributed by atoms with E-state index in [4.69, 9.17) is 4.74 Å². The van der Waals surface area contributed by atoms with Crippen molar-refractivity contribution in [1.82, 2.24) is 5.32 Å². The van der Waals surface area contributed by atoms with Gasteiger partial charge in [0.1, 0.15) is 18.2 Å². The molecule has 0 aromatic heterocycles. The van der Waals surface area contributed by atoms with Crippen molar-refractivity contribution in [3.05, 3.63) is 71.6 Å². The quantitative estimate of drug-likeness (QED) is 0.656. The Bertz CT molecular complexity index is 633. The van der Waals surface area contributed by atoms with Crippen LogP contribution in [-0.4, -0.2) is 19.1 Å². The molecule has 0 bridgehead atoms. The summed E-state index contributed by atoms with van der Waals surface area (Å²) >= 11 is 0. The lowest BCUT2D eigenvalue weighted by Crippen LogP contribution is -2.26. The Morgan fingerprint density at radius 1 is 1.14 bits per heavy atom. The summed E-state index contributed by atoms with van der Waals surface area (Å²) in [5.74, 6) is 0.272. The Balaban J connectivity index is 1.69. The number of halogens is 1. The van der Waals surface area contributed by atoms with Gasteiger partial charge in [0.2, 0.25) is 5.91 Å². The molecule has 0 unspecified atom stereocenters. The molecule has 0 radical (unpaired) electrons. The number of carbonyl (C=O) groups is 1. The fourth-order valence-electron chi connectivity index (χ4n) is 1.78. The van der Waals surface area contributed by atoms with E-state index in [1.54, 1.807) is 18.2 Å². The van der Waals surface area contributed by atoms with E-state index in [0.29, 0.717) is 13.2 Å². The maximum Gasteiger partial charge on any atom is 0.244 e. The molecule has 2 aromatic rings. The zero-order valence-corrected chi connectivity index (χ0v) is 12.4. The standard InChI is InChI=1S/C18H18FNO2/c1-14-2-9-17(10-3-14)22-13-12-20-18(21)11-6-15-4-7-16(19)8-5-15/h2-11H,12-13H2,1H3,(H,20,21). The van der Waals surface area contributed by atoms with Crippen LogP contribution in [0.25, 0.3) is 6.08 Å². The summed E-state index contributed by atoms with van der Waals surface area (Å²) in [6, 6.07) is 13.7. The van der Waals surface area contributed by atoms with E-state index >= 15 is 0 Å². The Morgan fingerprint density at radius 3 is 2.50 bits per heavy atom. The van der Waals surface area contributed by atoms with Crippen LogP contribution in [0.3, 0.4) is 0 Å². The van der Waals surface area contributed by atoms with Crippen LogP contribution in [0.2, 0.25) is 0 Å². The maximum atomic E-state index is 12.7. The van der Waals surface area contributed by atoms with E-state index in [2.05, 4.69) is 5.32 Å². The largest absolute Gasteiger partial charge is 0.492 e. The molecule has 2 aromatic carbocycles. The molecule has 3 nitrogen and oxygen atoms in total. The van der Waals surface area contributed by atoms with Crippen molar-refractivity contribution in [3.8, 4) is 5.75 Å². The van der Waals surface area contributed by atoms with E-state index in [0.717, 1.165) is 11.3 Å². The summed E-state index contributed by atoms with van der Waals surface area (Å²) < 4.78 is 18.2. The highest BCUT2D eigenvalue weighted by atomic mass is 19.1. The van der Waals surface area contributed by atoms with Gasteiger partial charge in [-0.2, -0.15) is 0 Å². The minimum absolute atomic E-state index is 0.211. The Hall–Kier alpha value is -2.62. The number of aryl methyl sites for hydroxylation is 1. The molecule has 0 aliphatic rings. The number of rotatable bonds is 6. The minimum atomic E-state index is -0.296. The van der Waals surface area contributed by atoms with Crippen LogP contribution in [-0.2, 0) is 4.79 Å². The Kier molecular flexibility index (Phi) is 5.72. The van der Waals surface area contributed by atoms with Gasteiger partial charge in [-0.3, -0.25) is 4.79 Å². The van der Waals surface area contributed by atoms with Crippen LogP contribution in [0.5, 0.6) is 5.75 Å². The summed E-state index contributed by atoms with van der Waals surface area (Å²) in [6.45, 7) is 2.83. The zero-order chi connectivity index (χ0) is 15.8. The summed E-state index contributed by atoms with van der Waals surface area (Å²) in [6.07, 6.45) is 3.05. The zero-order valence-electron chi connectivity index (χ0n) is 12.4. The van der Waals surface area contributed by atoms with Crippen molar-refractivity contribution in [2.75, 3.05) is 13.2 Å². The molecule has 0 atom stereocenters. The van der Waals surface area contributed by atoms with E-state index in [1.807, 2.05) is 31.2 Å². The molecule has 2 rings (SSSR count). The lowest BCUT2D eigenvalue weighted by Gasteiger charge is -2.06. The molecule has 22 heavy (non-hydrogen) atoms. The second-order valence-electron chi connectivity index (χ2n) is 4.84. The first-order valence-electron chi connectivity index (χ1n) is 7.04. The molecule has 0 spiro atoms. The van der Waals surface area contributed by atoms with Crippen LogP contribution in [0, 0.1) is 12.7 Å². The molecule has 4 heteroatoms. The van der Waals surface area contributed by atoms with E-state index in [-0.39, 0.29) is 11.7 Å². The number of amides is 1. The number of nitrogens with one attached hydrogen (secondary N) is 1. The number of ether oxygens (including phenoxy) is 1. The second kappa shape index (κ2) is 7.98. The fraction of sp³-hybridized carbons (Fsp3) is 0.167. The van der Waals surface area contributed by atoms with Crippen molar-refractivity contribution in [2.45, 2.75) is 6.92 Å². The van der Waals surface area contributed by atoms with Crippen LogP contribution >= 0.6 is 0 Å². The van der Waals surface area contributed by atoms with Crippen molar-refractivity contribution in [3.63, 3.8) is 0 Å². The first kappa shape index (κ1) is 15.8. The summed E-state index contributed by atoms with van der Waals surface area (Å²) in [5.41, 5.74) is 1.94. The van der Waals surface area contributed by atoms with Crippen molar-refractivity contribution >= 4 is 12.0 Å².